The molecule has 0 amide bonds. The van der Waals surface area contributed by atoms with Gasteiger partial charge in [-0.3, -0.25) is 0 Å². The van der Waals surface area contributed by atoms with E-state index in [0.717, 1.165) is 47.9 Å². The number of hydrogen-bond acceptors (Lipinski definition) is 4. The molecule has 0 fully saturated rings. The van der Waals surface area contributed by atoms with Crippen molar-refractivity contribution in [2.24, 2.45) is 0 Å². The molecule has 24 heavy (non-hydrogen) atoms. The Bertz CT molecular complexity index is 749. The Morgan fingerprint density at radius 1 is 0.958 bits per heavy atom. The molecule has 0 aliphatic heterocycles. The highest BCUT2D eigenvalue weighted by Crippen LogP contribution is 2.27. The van der Waals surface area contributed by atoms with Crippen molar-refractivity contribution in [1.82, 2.24) is 10.1 Å². The summed E-state index contributed by atoms with van der Waals surface area (Å²) in [5.74, 6) is 1.63. The first-order chi connectivity index (χ1) is 11.7. The predicted molar refractivity (Wildman–Crippen MR) is 96.0 cm³/mol. The first kappa shape index (κ1) is 16.3. The standard InChI is InChI=1S/C20H22N2O2/c1-22(2)13-6-14-23-18-11-9-17(10-12-18)20-15-19(21-24-20)16-7-4-3-5-8-16/h3-5,7-12,15H,6,13-14H2,1-2H3. The van der Waals surface area contributed by atoms with Crippen molar-refractivity contribution in [3.8, 4) is 28.3 Å². The molecule has 1 aromatic heterocycles. The summed E-state index contributed by atoms with van der Waals surface area (Å²) in [6.45, 7) is 1.75. The minimum Gasteiger partial charge on any atom is -0.494 e. The minimum absolute atomic E-state index is 0.720. The summed E-state index contributed by atoms with van der Waals surface area (Å²) in [4.78, 5) is 2.15. The maximum atomic E-state index is 5.75. The third-order valence-corrected chi connectivity index (χ3v) is 3.74. The second-order valence-corrected chi connectivity index (χ2v) is 5.97. The van der Waals surface area contributed by atoms with Crippen LogP contribution in [0, 0.1) is 0 Å². The van der Waals surface area contributed by atoms with E-state index in [2.05, 4.69) is 24.2 Å². The van der Waals surface area contributed by atoms with E-state index in [4.69, 9.17) is 9.26 Å². The van der Waals surface area contributed by atoms with Gasteiger partial charge in [-0.05, 0) is 44.8 Å². The van der Waals surface area contributed by atoms with Gasteiger partial charge in [0.2, 0.25) is 0 Å². The molecule has 0 unspecified atom stereocenters. The lowest BCUT2D eigenvalue weighted by atomic mass is 10.1. The van der Waals surface area contributed by atoms with Crippen LogP contribution in [0.5, 0.6) is 5.75 Å². The van der Waals surface area contributed by atoms with Crippen LogP contribution in [0.4, 0.5) is 0 Å². The number of ether oxygens (including phenoxy) is 1. The topological polar surface area (TPSA) is 38.5 Å². The van der Waals surface area contributed by atoms with E-state index in [9.17, 15) is 0 Å². The molecule has 0 aliphatic rings. The minimum atomic E-state index is 0.720. The van der Waals surface area contributed by atoms with Crippen LogP contribution in [0.2, 0.25) is 0 Å². The van der Waals surface area contributed by atoms with E-state index < -0.39 is 0 Å². The van der Waals surface area contributed by atoms with E-state index >= 15 is 0 Å². The van der Waals surface area contributed by atoms with E-state index in [1.54, 1.807) is 0 Å². The van der Waals surface area contributed by atoms with E-state index in [0.29, 0.717) is 0 Å². The SMILES string of the molecule is CN(C)CCCOc1ccc(-c2cc(-c3ccccc3)no2)cc1. The normalized spacial score (nSPS) is 11.0. The Hall–Kier alpha value is -2.59. The van der Waals surface area contributed by atoms with Crippen molar-refractivity contribution >= 4 is 0 Å². The van der Waals surface area contributed by atoms with Gasteiger partial charge in [0.25, 0.3) is 0 Å². The Morgan fingerprint density at radius 3 is 2.42 bits per heavy atom. The summed E-state index contributed by atoms with van der Waals surface area (Å²) in [5.41, 5.74) is 2.88. The Labute approximate surface area is 142 Å². The van der Waals surface area contributed by atoms with Gasteiger partial charge in [-0.15, -0.1) is 0 Å². The molecule has 0 N–H and O–H groups in total. The molecule has 0 aliphatic carbocycles. The van der Waals surface area contributed by atoms with E-state index in [1.807, 2.05) is 60.7 Å². The van der Waals surface area contributed by atoms with Crippen LogP contribution < -0.4 is 4.74 Å². The highest BCUT2D eigenvalue weighted by Gasteiger charge is 2.08. The fourth-order valence-corrected chi connectivity index (χ4v) is 2.44. The Kier molecular flexibility index (Phi) is 5.29. The molecule has 1 heterocycles. The summed E-state index contributed by atoms with van der Waals surface area (Å²) >= 11 is 0. The van der Waals surface area contributed by atoms with Crippen molar-refractivity contribution in [2.75, 3.05) is 27.2 Å². The lowest BCUT2D eigenvalue weighted by Crippen LogP contribution is -2.15. The molecule has 3 aromatic rings. The molecule has 2 aromatic carbocycles. The molecular formula is C20H22N2O2. The zero-order valence-corrected chi connectivity index (χ0v) is 14.1. The van der Waals surface area contributed by atoms with Crippen LogP contribution in [0.3, 0.4) is 0 Å². The second-order valence-electron chi connectivity index (χ2n) is 5.97. The van der Waals surface area contributed by atoms with Crippen LogP contribution in [0.15, 0.2) is 65.2 Å². The fraction of sp³-hybridized carbons (Fsp3) is 0.250. The molecule has 0 bridgehead atoms. The molecule has 0 saturated carbocycles. The van der Waals surface area contributed by atoms with Gasteiger partial charge in [-0.1, -0.05) is 35.5 Å². The lowest BCUT2D eigenvalue weighted by molar-refractivity contribution is 0.281. The number of hydrogen-bond donors (Lipinski definition) is 0. The summed E-state index contributed by atoms with van der Waals surface area (Å²) in [6.07, 6.45) is 1.01. The van der Waals surface area contributed by atoms with Gasteiger partial charge in [0.05, 0.1) is 6.61 Å². The summed E-state index contributed by atoms with van der Waals surface area (Å²) in [7, 11) is 4.13. The number of rotatable bonds is 7. The summed E-state index contributed by atoms with van der Waals surface area (Å²) < 4.78 is 11.2. The third-order valence-electron chi connectivity index (χ3n) is 3.74. The largest absolute Gasteiger partial charge is 0.494 e. The molecule has 124 valence electrons. The Balaban J connectivity index is 1.63. The van der Waals surface area contributed by atoms with Gasteiger partial charge < -0.3 is 14.2 Å². The molecule has 0 atom stereocenters. The predicted octanol–water partition coefficient (Wildman–Crippen LogP) is 4.34. The molecule has 0 radical (unpaired) electrons. The quantitative estimate of drug-likeness (QED) is 0.607. The zero-order chi connectivity index (χ0) is 16.8. The molecular weight excluding hydrogens is 300 g/mol. The van der Waals surface area contributed by atoms with E-state index in [1.165, 1.54) is 0 Å². The molecule has 4 nitrogen and oxygen atoms in total. The zero-order valence-electron chi connectivity index (χ0n) is 14.1. The molecule has 0 saturated heterocycles. The average molecular weight is 322 g/mol. The van der Waals surface area contributed by atoms with Gasteiger partial charge >= 0.3 is 0 Å². The lowest BCUT2D eigenvalue weighted by Gasteiger charge is -2.10. The molecule has 0 spiro atoms. The third kappa shape index (κ3) is 4.24. The smallest absolute Gasteiger partial charge is 0.167 e. The highest BCUT2D eigenvalue weighted by molar-refractivity contribution is 5.66. The van der Waals surface area contributed by atoms with E-state index in [-0.39, 0.29) is 0 Å². The van der Waals surface area contributed by atoms with Crippen LogP contribution in [0.25, 0.3) is 22.6 Å². The number of aromatic nitrogens is 1. The van der Waals surface area contributed by atoms with Crippen molar-refractivity contribution < 1.29 is 9.26 Å². The highest BCUT2D eigenvalue weighted by atomic mass is 16.5. The maximum Gasteiger partial charge on any atom is 0.167 e. The number of benzene rings is 2. The average Bonchev–Trinajstić information content (AvgIpc) is 3.10. The Morgan fingerprint density at radius 2 is 1.71 bits per heavy atom. The van der Waals surface area contributed by atoms with Gasteiger partial charge in [-0.25, -0.2) is 0 Å². The first-order valence-electron chi connectivity index (χ1n) is 8.12. The van der Waals surface area contributed by atoms with Gasteiger partial charge in [0.1, 0.15) is 11.4 Å². The summed E-state index contributed by atoms with van der Waals surface area (Å²) in [5, 5.41) is 4.15. The van der Waals surface area contributed by atoms with Crippen molar-refractivity contribution in [1.29, 1.82) is 0 Å². The van der Waals surface area contributed by atoms with Crippen LogP contribution in [0.1, 0.15) is 6.42 Å². The maximum absolute atomic E-state index is 5.75. The van der Waals surface area contributed by atoms with Crippen molar-refractivity contribution in [2.45, 2.75) is 6.42 Å². The van der Waals surface area contributed by atoms with Crippen LogP contribution >= 0.6 is 0 Å². The second kappa shape index (κ2) is 7.79. The first-order valence-corrected chi connectivity index (χ1v) is 8.12. The number of nitrogens with zero attached hydrogens (tertiary/aromatic N) is 2. The van der Waals surface area contributed by atoms with Crippen LogP contribution in [-0.2, 0) is 0 Å². The van der Waals surface area contributed by atoms with Crippen LogP contribution in [-0.4, -0.2) is 37.3 Å². The molecule has 3 rings (SSSR count). The van der Waals surface area contributed by atoms with Gasteiger partial charge in [0, 0.05) is 23.7 Å². The van der Waals surface area contributed by atoms with Crippen molar-refractivity contribution in [3.63, 3.8) is 0 Å². The fourth-order valence-electron chi connectivity index (χ4n) is 2.44. The van der Waals surface area contributed by atoms with Crippen molar-refractivity contribution in [3.05, 3.63) is 60.7 Å². The summed E-state index contributed by atoms with van der Waals surface area (Å²) in [6, 6.07) is 19.9. The molecule has 4 heteroatoms. The monoisotopic (exact) mass is 322 g/mol. The van der Waals surface area contributed by atoms with Gasteiger partial charge in [0.15, 0.2) is 5.76 Å². The van der Waals surface area contributed by atoms with Gasteiger partial charge in [-0.2, -0.15) is 0 Å².